The normalized spacial score (nSPS) is 15.1. The molecule has 0 atom stereocenters. The number of nitrogens with zero attached hydrogens (tertiary/aromatic N) is 3. The number of morpholine rings is 1. The van der Waals surface area contributed by atoms with Crippen LogP contribution in [0.1, 0.15) is 9.67 Å². The molecule has 1 N–H and O–H groups in total. The molecule has 1 aliphatic heterocycles. The quantitative estimate of drug-likeness (QED) is 0.930. The van der Waals surface area contributed by atoms with Gasteiger partial charge in [0.1, 0.15) is 0 Å². The van der Waals surface area contributed by atoms with Crippen LogP contribution in [0.5, 0.6) is 0 Å². The van der Waals surface area contributed by atoms with Crippen LogP contribution < -0.4 is 10.2 Å². The molecule has 6 nitrogen and oxygen atoms in total. The van der Waals surface area contributed by atoms with E-state index in [-0.39, 0.29) is 5.91 Å². The standard InChI is InChI=1S/C13H14N4O2S/c18-12(11-2-1-7-20-11)16-10-8-14-13(15-9-10)17-3-5-19-6-4-17/h1-2,7-9H,3-6H2,(H,16,18). The molecule has 3 rings (SSSR count). The molecular weight excluding hydrogens is 276 g/mol. The molecule has 2 aromatic heterocycles. The lowest BCUT2D eigenvalue weighted by atomic mass is 10.4. The molecule has 0 bridgehead atoms. The van der Waals surface area contributed by atoms with Gasteiger partial charge in [-0.25, -0.2) is 9.97 Å². The fraction of sp³-hybridized carbons (Fsp3) is 0.308. The summed E-state index contributed by atoms with van der Waals surface area (Å²) in [6.45, 7) is 2.97. The highest BCUT2D eigenvalue weighted by atomic mass is 32.1. The SMILES string of the molecule is O=C(Nc1cnc(N2CCOCC2)nc1)c1cccs1. The van der Waals surface area contributed by atoms with E-state index in [2.05, 4.69) is 20.2 Å². The van der Waals surface area contributed by atoms with Crippen molar-refractivity contribution in [2.45, 2.75) is 0 Å². The van der Waals surface area contributed by atoms with Crippen LogP contribution in [-0.2, 0) is 4.74 Å². The molecule has 0 spiro atoms. The van der Waals surface area contributed by atoms with E-state index in [4.69, 9.17) is 4.74 Å². The first-order valence-corrected chi connectivity index (χ1v) is 7.20. The number of carbonyl (C=O) groups excluding carboxylic acids is 1. The maximum Gasteiger partial charge on any atom is 0.265 e. The van der Waals surface area contributed by atoms with Crippen LogP contribution in [0.4, 0.5) is 11.6 Å². The Bertz CT molecular complexity index is 565. The summed E-state index contributed by atoms with van der Waals surface area (Å²) < 4.78 is 5.29. The van der Waals surface area contributed by atoms with Gasteiger partial charge in [0.25, 0.3) is 5.91 Å². The number of amides is 1. The summed E-state index contributed by atoms with van der Waals surface area (Å²) in [5, 5.41) is 4.65. The van der Waals surface area contributed by atoms with Gasteiger partial charge >= 0.3 is 0 Å². The molecule has 1 aliphatic rings. The van der Waals surface area contributed by atoms with Crippen molar-refractivity contribution in [2.24, 2.45) is 0 Å². The van der Waals surface area contributed by atoms with Crippen molar-refractivity contribution < 1.29 is 9.53 Å². The largest absolute Gasteiger partial charge is 0.378 e. The van der Waals surface area contributed by atoms with Crippen molar-refractivity contribution in [2.75, 3.05) is 36.5 Å². The lowest BCUT2D eigenvalue weighted by Crippen LogP contribution is -2.37. The predicted octanol–water partition coefficient (Wildman–Crippen LogP) is 1.63. The summed E-state index contributed by atoms with van der Waals surface area (Å²) in [7, 11) is 0. The summed E-state index contributed by atoms with van der Waals surface area (Å²) in [4.78, 5) is 23.2. The van der Waals surface area contributed by atoms with Crippen molar-refractivity contribution in [3.63, 3.8) is 0 Å². The minimum Gasteiger partial charge on any atom is -0.378 e. The molecule has 0 aliphatic carbocycles. The topological polar surface area (TPSA) is 67.4 Å². The minimum absolute atomic E-state index is 0.136. The lowest BCUT2D eigenvalue weighted by molar-refractivity contribution is 0.103. The van der Waals surface area contributed by atoms with Gasteiger partial charge in [0.15, 0.2) is 0 Å². The van der Waals surface area contributed by atoms with E-state index in [1.165, 1.54) is 11.3 Å². The Balaban J connectivity index is 1.65. The van der Waals surface area contributed by atoms with Gasteiger partial charge in [-0.2, -0.15) is 0 Å². The Kier molecular flexibility index (Phi) is 3.89. The van der Waals surface area contributed by atoms with Gasteiger partial charge in [-0.05, 0) is 11.4 Å². The van der Waals surface area contributed by atoms with E-state index in [1.807, 2.05) is 11.4 Å². The summed E-state index contributed by atoms with van der Waals surface area (Å²) in [5.74, 6) is 0.533. The van der Waals surface area contributed by atoms with Crippen molar-refractivity contribution >= 4 is 28.9 Å². The first-order valence-electron chi connectivity index (χ1n) is 6.32. The molecule has 1 saturated heterocycles. The zero-order chi connectivity index (χ0) is 13.8. The third kappa shape index (κ3) is 2.94. The number of thiophene rings is 1. The van der Waals surface area contributed by atoms with E-state index in [0.29, 0.717) is 29.7 Å². The third-order valence-electron chi connectivity index (χ3n) is 2.93. The smallest absolute Gasteiger partial charge is 0.265 e. The molecule has 2 aromatic rings. The zero-order valence-electron chi connectivity index (χ0n) is 10.8. The number of nitrogens with one attached hydrogen (secondary N) is 1. The summed E-state index contributed by atoms with van der Waals surface area (Å²) >= 11 is 1.40. The first kappa shape index (κ1) is 13.0. The van der Waals surface area contributed by atoms with Crippen molar-refractivity contribution in [3.8, 4) is 0 Å². The van der Waals surface area contributed by atoms with Crippen LogP contribution >= 0.6 is 11.3 Å². The van der Waals surface area contributed by atoms with Crippen LogP contribution in [0.15, 0.2) is 29.9 Å². The Morgan fingerprint density at radius 3 is 2.70 bits per heavy atom. The highest BCUT2D eigenvalue weighted by Gasteiger charge is 2.14. The maximum atomic E-state index is 11.9. The fourth-order valence-electron chi connectivity index (χ4n) is 1.91. The number of carbonyl (C=O) groups is 1. The highest BCUT2D eigenvalue weighted by molar-refractivity contribution is 7.12. The second-order valence-corrected chi connectivity index (χ2v) is 5.25. The Hall–Kier alpha value is -1.99. The third-order valence-corrected chi connectivity index (χ3v) is 3.80. The predicted molar refractivity (Wildman–Crippen MR) is 77.3 cm³/mol. The van der Waals surface area contributed by atoms with E-state index >= 15 is 0 Å². The molecular formula is C13H14N4O2S. The Labute approximate surface area is 120 Å². The molecule has 104 valence electrons. The van der Waals surface area contributed by atoms with E-state index < -0.39 is 0 Å². The summed E-state index contributed by atoms with van der Waals surface area (Å²) in [6.07, 6.45) is 3.26. The summed E-state index contributed by atoms with van der Waals surface area (Å²) in [5.41, 5.74) is 0.598. The van der Waals surface area contributed by atoms with Crippen LogP contribution in [0, 0.1) is 0 Å². The van der Waals surface area contributed by atoms with E-state index in [1.54, 1.807) is 18.5 Å². The maximum absolute atomic E-state index is 11.9. The van der Waals surface area contributed by atoms with Crippen molar-refractivity contribution in [1.29, 1.82) is 0 Å². The zero-order valence-corrected chi connectivity index (χ0v) is 11.6. The molecule has 0 radical (unpaired) electrons. The number of anilines is 2. The minimum atomic E-state index is -0.136. The van der Waals surface area contributed by atoms with Crippen LogP contribution in [0.3, 0.4) is 0 Å². The Morgan fingerprint density at radius 2 is 2.05 bits per heavy atom. The van der Waals surface area contributed by atoms with Gasteiger partial charge in [0.05, 0.1) is 36.2 Å². The first-order chi connectivity index (χ1) is 9.83. The number of hydrogen-bond acceptors (Lipinski definition) is 6. The monoisotopic (exact) mass is 290 g/mol. The van der Waals surface area contributed by atoms with Crippen molar-refractivity contribution in [3.05, 3.63) is 34.8 Å². The average molecular weight is 290 g/mol. The average Bonchev–Trinajstić information content (AvgIpc) is 3.03. The molecule has 1 fully saturated rings. The number of aromatic nitrogens is 2. The van der Waals surface area contributed by atoms with E-state index in [0.717, 1.165) is 13.1 Å². The van der Waals surface area contributed by atoms with Gasteiger partial charge in [-0.3, -0.25) is 4.79 Å². The Morgan fingerprint density at radius 1 is 1.30 bits per heavy atom. The van der Waals surface area contributed by atoms with Crippen LogP contribution in [-0.4, -0.2) is 42.2 Å². The second kappa shape index (κ2) is 5.98. The second-order valence-electron chi connectivity index (χ2n) is 4.30. The summed E-state index contributed by atoms with van der Waals surface area (Å²) in [6, 6.07) is 3.63. The van der Waals surface area contributed by atoms with Gasteiger partial charge in [0.2, 0.25) is 5.95 Å². The number of rotatable bonds is 3. The fourth-order valence-corrected chi connectivity index (χ4v) is 2.53. The lowest BCUT2D eigenvalue weighted by Gasteiger charge is -2.26. The van der Waals surface area contributed by atoms with Crippen LogP contribution in [0.25, 0.3) is 0 Å². The number of ether oxygens (including phenoxy) is 1. The van der Waals surface area contributed by atoms with Gasteiger partial charge in [0, 0.05) is 13.1 Å². The molecule has 0 unspecified atom stereocenters. The van der Waals surface area contributed by atoms with Crippen molar-refractivity contribution in [1.82, 2.24) is 9.97 Å². The molecule has 7 heteroatoms. The highest BCUT2D eigenvalue weighted by Crippen LogP contribution is 2.14. The van der Waals surface area contributed by atoms with Gasteiger partial charge < -0.3 is 15.0 Å². The molecule has 3 heterocycles. The molecule has 0 saturated carbocycles. The van der Waals surface area contributed by atoms with Gasteiger partial charge in [-0.1, -0.05) is 6.07 Å². The molecule has 20 heavy (non-hydrogen) atoms. The van der Waals surface area contributed by atoms with Crippen LogP contribution in [0.2, 0.25) is 0 Å². The van der Waals surface area contributed by atoms with Gasteiger partial charge in [-0.15, -0.1) is 11.3 Å². The molecule has 1 amide bonds. The molecule has 0 aromatic carbocycles. The van der Waals surface area contributed by atoms with E-state index in [9.17, 15) is 4.79 Å². The number of hydrogen-bond donors (Lipinski definition) is 1.